The molecule has 1 aromatic heterocycles. The number of rotatable bonds is 5. The number of halogens is 5. The van der Waals surface area contributed by atoms with Crippen molar-refractivity contribution >= 4 is 23.2 Å². The van der Waals surface area contributed by atoms with E-state index in [0.717, 1.165) is 18.7 Å². The van der Waals surface area contributed by atoms with Gasteiger partial charge in [-0.1, -0.05) is 29.3 Å². The summed E-state index contributed by atoms with van der Waals surface area (Å²) in [5.41, 5.74) is -3.53. The highest BCUT2D eigenvalue weighted by Gasteiger charge is 2.35. The number of carbonyl (C=O) groups excluding carboxylic acids is 1. The van der Waals surface area contributed by atoms with Crippen LogP contribution in [0.1, 0.15) is 11.3 Å². The number of hydrogen-bond acceptors (Lipinski definition) is 4. The Balaban J connectivity index is 1.91. The number of aryl methyl sites for hydroxylation is 1. The number of amides is 1. The van der Waals surface area contributed by atoms with Crippen LogP contribution in [0.4, 0.5) is 23.2 Å². The maximum absolute atomic E-state index is 14.5. The lowest BCUT2D eigenvalue weighted by atomic mass is 10.2. The first-order valence-electron chi connectivity index (χ1n) is 9.27. The van der Waals surface area contributed by atoms with Gasteiger partial charge in [0.2, 0.25) is 0 Å². The van der Waals surface area contributed by atoms with E-state index in [0.29, 0.717) is 11.8 Å². The first-order valence-corrected chi connectivity index (χ1v) is 9.65. The number of nitrogens with zero attached hydrogens (tertiary/aromatic N) is 2. The number of hydrogen-bond donors (Lipinski definition) is 1. The van der Waals surface area contributed by atoms with E-state index in [9.17, 15) is 31.9 Å². The molecule has 0 radical (unpaired) electrons. The Morgan fingerprint density at radius 2 is 1.76 bits per heavy atom. The molecule has 1 heterocycles. The Kier molecular flexibility index (Phi) is 6.63. The summed E-state index contributed by atoms with van der Waals surface area (Å²) in [6, 6.07) is 8.64. The van der Waals surface area contributed by atoms with Crippen LogP contribution in [0, 0.1) is 12.7 Å². The molecule has 0 aliphatic rings. The average Bonchev–Trinajstić information content (AvgIpc) is 2.72. The van der Waals surface area contributed by atoms with Crippen molar-refractivity contribution < 1.29 is 27.1 Å². The largest absolute Gasteiger partial charge is 0.482 e. The van der Waals surface area contributed by atoms with Gasteiger partial charge in [-0.15, -0.1) is 0 Å². The zero-order chi connectivity index (χ0) is 24.5. The summed E-state index contributed by atoms with van der Waals surface area (Å²) in [6.07, 6.45) is -4.97. The minimum atomic E-state index is -4.97. The molecule has 174 valence electrons. The van der Waals surface area contributed by atoms with E-state index in [1.165, 1.54) is 0 Å². The Morgan fingerprint density at radius 3 is 2.36 bits per heavy atom. The molecule has 0 aliphatic carbocycles. The van der Waals surface area contributed by atoms with E-state index < -0.39 is 47.1 Å². The maximum atomic E-state index is 14.5. The zero-order valence-electron chi connectivity index (χ0n) is 17.2. The molecule has 7 nitrogen and oxygen atoms in total. The van der Waals surface area contributed by atoms with E-state index >= 15 is 0 Å². The number of nitrogens with one attached hydrogen (secondary N) is 1. The summed E-state index contributed by atoms with van der Waals surface area (Å²) < 4.78 is 59.3. The van der Waals surface area contributed by atoms with Crippen LogP contribution < -0.4 is 21.3 Å². The van der Waals surface area contributed by atoms with Gasteiger partial charge >= 0.3 is 11.9 Å². The molecular weight excluding hydrogens is 470 g/mol. The van der Waals surface area contributed by atoms with Gasteiger partial charge in [0.25, 0.3) is 11.5 Å². The van der Waals surface area contributed by atoms with Crippen molar-refractivity contribution in [2.75, 3.05) is 11.9 Å². The topological polar surface area (TPSA) is 82.3 Å². The Labute approximate surface area is 188 Å². The molecular formula is C21H16ClF4N3O4. The molecule has 2 aromatic carbocycles. The second-order valence-corrected chi connectivity index (χ2v) is 7.39. The van der Waals surface area contributed by atoms with Gasteiger partial charge in [-0.05, 0) is 25.1 Å². The molecule has 3 aromatic rings. The minimum Gasteiger partial charge on any atom is -0.482 e. The molecule has 1 amide bonds. The minimum absolute atomic E-state index is 0.172. The SMILES string of the molecule is Cc1ccc(NC(=O)COc2cc(-n3c(=O)cc(C(F)(F)F)n(C)c3=O)c(F)cc2Cl)cc1. The Morgan fingerprint density at radius 1 is 1.12 bits per heavy atom. The maximum Gasteiger partial charge on any atom is 0.431 e. The quantitative estimate of drug-likeness (QED) is 0.559. The molecule has 33 heavy (non-hydrogen) atoms. The van der Waals surface area contributed by atoms with Gasteiger partial charge in [-0.3, -0.25) is 14.2 Å². The predicted molar refractivity (Wildman–Crippen MR) is 113 cm³/mol. The highest BCUT2D eigenvalue weighted by molar-refractivity contribution is 6.32. The van der Waals surface area contributed by atoms with Crippen molar-refractivity contribution in [2.45, 2.75) is 13.1 Å². The fourth-order valence-corrected chi connectivity index (χ4v) is 3.10. The lowest BCUT2D eigenvalue weighted by Gasteiger charge is -2.15. The molecule has 0 spiro atoms. The second-order valence-electron chi connectivity index (χ2n) is 6.98. The van der Waals surface area contributed by atoms with Crippen LogP contribution in [0.15, 0.2) is 52.1 Å². The third-order valence-corrected chi connectivity index (χ3v) is 4.84. The van der Waals surface area contributed by atoms with Crippen molar-refractivity contribution in [3.63, 3.8) is 0 Å². The summed E-state index contributed by atoms with van der Waals surface area (Å²) in [4.78, 5) is 36.8. The fourth-order valence-electron chi connectivity index (χ4n) is 2.90. The fraction of sp³-hybridized carbons (Fsp3) is 0.190. The molecule has 0 saturated heterocycles. The van der Waals surface area contributed by atoms with E-state index in [4.69, 9.17) is 16.3 Å². The zero-order valence-corrected chi connectivity index (χ0v) is 17.9. The first-order chi connectivity index (χ1) is 15.4. The molecule has 1 N–H and O–H groups in total. The normalized spacial score (nSPS) is 11.4. The van der Waals surface area contributed by atoms with Gasteiger partial charge < -0.3 is 10.1 Å². The number of carbonyl (C=O) groups is 1. The van der Waals surface area contributed by atoms with Gasteiger partial charge in [-0.25, -0.2) is 13.8 Å². The summed E-state index contributed by atoms with van der Waals surface area (Å²) in [6.45, 7) is 1.32. The first kappa shape index (κ1) is 24.1. The summed E-state index contributed by atoms with van der Waals surface area (Å²) in [7, 11) is 0.793. The van der Waals surface area contributed by atoms with Gasteiger partial charge in [0.05, 0.1) is 10.7 Å². The molecule has 3 rings (SSSR count). The van der Waals surface area contributed by atoms with Crippen molar-refractivity contribution in [1.29, 1.82) is 0 Å². The van der Waals surface area contributed by atoms with Crippen LogP contribution in [0.3, 0.4) is 0 Å². The second kappa shape index (κ2) is 9.10. The van der Waals surface area contributed by atoms with Crippen LogP contribution in [0.5, 0.6) is 5.75 Å². The molecule has 0 fully saturated rings. The van der Waals surface area contributed by atoms with E-state index in [-0.39, 0.29) is 26.0 Å². The van der Waals surface area contributed by atoms with E-state index in [2.05, 4.69) is 5.32 Å². The predicted octanol–water partition coefficient (Wildman–Crippen LogP) is 3.67. The van der Waals surface area contributed by atoms with Crippen molar-refractivity contribution in [3.8, 4) is 11.4 Å². The van der Waals surface area contributed by atoms with Crippen LogP contribution in [0.25, 0.3) is 5.69 Å². The molecule has 0 unspecified atom stereocenters. The van der Waals surface area contributed by atoms with Crippen molar-refractivity contribution in [3.05, 3.63) is 85.4 Å². The monoisotopic (exact) mass is 485 g/mol. The lowest BCUT2D eigenvalue weighted by molar-refractivity contribution is -0.144. The molecule has 0 saturated carbocycles. The van der Waals surface area contributed by atoms with E-state index in [1.807, 2.05) is 6.92 Å². The Hall–Kier alpha value is -3.60. The smallest absolute Gasteiger partial charge is 0.431 e. The Bertz CT molecular complexity index is 1330. The third kappa shape index (κ3) is 5.25. The number of benzene rings is 2. The molecule has 0 bridgehead atoms. The van der Waals surface area contributed by atoms with E-state index in [1.54, 1.807) is 24.3 Å². The van der Waals surface area contributed by atoms with Gasteiger partial charge in [-0.2, -0.15) is 13.2 Å². The van der Waals surface area contributed by atoms with Gasteiger partial charge in [0, 0.05) is 24.9 Å². The summed E-state index contributed by atoms with van der Waals surface area (Å²) in [5.74, 6) is -2.00. The van der Waals surface area contributed by atoms with Crippen molar-refractivity contribution in [1.82, 2.24) is 9.13 Å². The number of alkyl halides is 3. The lowest BCUT2D eigenvalue weighted by Crippen LogP contribution is -2.41. The molecule has 0 aliphatic heterocycles. The van der Waals surface area contributed by atoms with Gasteiger partial charge in [0.15, 0.2) is 6.61 Å². The summed E-state index contributed by atoms with van der Waals surface area (Å²) >= 11 is 5.93. The van der Waals surface area contributed by atoms with Crippen LogP contribution >= 0.6 is 11.6 Å². The number of anilines is 1. The van der Waals surface area contributed by atoms with Crippen LogP contribution in [-0.2, 0) is 18.0 Å². The van der Waals surface area contributed by atoms with Crippen molar-refractivity contribution in [2.24, 2.45) is 7.05 Å². The molecule has 12 heteroatoms. The van der Waals surface area contributed by atoms with Crippen LogP contribution in [-0.4, -0.2) is 21.6 Å². The van der Waals surface area contributed by atoms with Crippen LogP contribution in [0.2, 0.25) is 5.02 Å². The summed E-state index contributed by atoms with van der Waals surface area (Å²) in [5, 5.41) is 2.29. The van der Waals surface area contributed by atoms with Gasteiger partial charge in [0.1, 0.15) is 17.3 Å². The third-order valence-electron chi connectivity index (χ3n) is 4.55. The highest BCUT2D eigenvalue weighted by Crippen LogP contribution is 2.30. The number of aromatic nitrogens is 2. The molecule has 0 atom stereocenters. The average molecular weight is 486 g/mol. The number of ether oxygens (including phenoxy) is 1. The standard InChI is InChI=1S/C21H16ClF4N3O4/c1-11-3-5-12(6-4-11)27-18(30)10-33-16-8-15(14(23)7-13(16)22)29-19(31)9-17(21(24,25)26)28(2)20(29)32/h3-9H,10H2,1-2H3,(H,27,30). The highest BCUT2D eigenvalue weighted by atomic mass is 35.5.